The van der Waals surface area contributed by atoms with Gasteiger partial charge in [0.05, 0.1) is 26.7 Å². The molecule has 0 aromatic carbocycles. The van der Waals surface area contributed by atoms with Gasteiger partial charge in [-0.15, -0.1) is 0 Å². The predicted molar refractivity (Wildman–Crippen MR) is 273 cm³/mol. The molecule has 0 saturated carbocycles. The normalized spacial score (nSPS) is 12.7. The zero-order chi connectivity index (χ0) is 42.8. The number of rotatable bonds is 47. The summed E-state index contributed by atoms with van der Waals surface area (Å²) in [5.74, 6) is 0. The van der Waals surface area contributed by atoms with Crippen molar-refractivity contribution in [3.8, 4) is 0 Å². The van der Waals surface area contributed by atoms with Gasteiger partial charge in [-0.1, -0.05) is 209 Å². The van der Waals surface area contributed by atoms with Crippen molar-refractivity contribution >= 4 is 0 Å². The monoisotopic (exact) mass is 854 g/mol. The van der Waals surface area contributed by atoms with E-state index in [1.807, 2.05) is 0 Å². The molecule has 0 rings (SSSR count). The molecule has 2 heteroatoms. The zero-order valence-corrected chi connectivity index (χ0v) is 42.4. The Bertz CT molecular complexity index is 935. The number of hydrogen-bond donors (Lipinski definition) is 0. The second-order valence-electron chi connectivity index (χ2n) is 18.8. The van der Waals surface area contributed by atoms with Gasteiger partial charge in [-0.3, -0.25) is 0 Å². The Morgan fingerprint density at radius 3 is 0.800 bits per heavy atom. The van der Waals surface area contributed by atoms with Crippen LogP contribution in [0, 0.1) is 0 Å². The molecule has 352 valence electrons. The minimum Gasteiger partial charge on any atom is -1.00 e. The molecule has 0 aliphatic carbocycles. The SMILES string of the molecule is CCCCC/C=C\C/C=C\CCCCCCCCC[N+](C)(C)C(CCCCCCCC/C=C\C/C=C\CCCCC)CCCCCCCC/C=C\C/C=C\CCCCC.[Cl-]. The molecule has 0 heterocycles. The van der Waals surface area contributed by atoms with Gasteiger partial charge in [0.15, 0.2) is 0 Å². The molecule has 0 aromatic heterocycles. The van der Waals surface area contributed by atoms with Crippen molar-refractivity contribution in [3.05, 3.63) is 72.9 Å². The van der Waals surface area contributed by atoms with Crippen LogP contribution in [0.4, 0.5) is 0 Å². The van der Waals surface area contributed by atoms with Crippen molar-refractivity contribution in [1.82, 2.24) is 0 Å². The standard InChI is InChI=1S/C58H108N.ClH/c1-6-9-12-15-18-21-24-27-30-33-36-39-42-45-48-51-54-57-59(4,5)58(55-52-49-46-43-40-37-34-31-28-25-22-19-16-13-10-7-2)56-53-50-47-44-41-38-35-32-29-26-23-20-17-14-11-8-3;/h18-23,27-32,58H,6-17,24-26,33-57H2,1-5H3;1H/q+1;/p-1/b21-18-,22-19-,23-20-,30-27-,31-28-,32-29-;. The van der Waals surface area contributed by atoms with Gasteiger partial charge in [0.25, 0.3) is 0 Å². The Morgan fingerprint density at radius 2 is 0.517 bits per heavy atom. The van der Waals surface area contributed by atoms with Crippen LogP contribution in [0.5, 0.6) is 0 Å². The fraction of sp³-hybridized carbons (Fsp3) is 0.793. The van der Waals surface area contributed by atoms with Crippen LogP contribution in [-0.4, -0.2) is 31.2 Å². The molecule has 0 aliphatic heterocycles. The third-order valence-corrected chi connectivity index (χ3v) is 12.6. The van der Waals surface area contributed by atoms with Crippen molar-refractivity contribution in [2.75, 3.05) is 20.6 Å². The summed E-state index contributed by atoms with van der Waals surface area (Å²) >= 11 is 0. The van der Waals surface area contributed by atoms with Crippen molar-refractivity contribution < 1.29 is 16.9 Å². The number of hydrogen-bond acceptors (Lipinski definition) is 0. The minimum absolute atomic E-state index is 0. The Labute approximate surface area is 386 Å². The maximum absolute atomic E-state index is 2.58. The molecule has 0 spiro atoms. The van der Waals surface area contributed by atoms with E-state index in [0.29, 0.717) is 0 Å². The Balaban J connectivity index is 0. The lowest BCUT2D eigenvalue weighted by atomic mass is 9.97. The van der Waals surface area contributed by atoms with Gasteiger partial charge >= 0.3 is 0 Å². The van der Waals surface area contributed by atoms with Crippen LogP contribution in [0.15, 0.2) is 72.9 Å². The molecule has 1 nitrogen and oxygen atoms in total. The van der Waals surface area contributed by atoms with E-state index in [1.54, 1.807) is 0 Å². The maximum Gasteiger partial charge on any atom is 0.0886 e. The average Bonchev–Trinajstić information content (AvgIpc) is 3.23. The Kier molecular flexibility index (Phi) is 52.7. The van der Waals surface area contributed by atoms with Gasteiger partial charge in [0.2, 0.25) is 0 Å². The summed E-state index contributed by atoms with van der Waals surface area (Å²) in [4.78, 5) is 0. The van der Waals surface area contributed by atoms with E-state index < -0.39 is 0 Å². The first-order valence-corrected chi connectivity index (χ1v) is 26.8. The topological polar surface area (TPSA) is 0 Å². The van der Waals surface area contributed by atoms with E-state index in [2.05, 4.69) is 108 Å². The van der Waals surface area contributed by atoms with Crippen molar-refractivity contribution in [1.29, 1.82) is 0 Å². The summed E-state index contributed by atoms with van der Waals surface area (Å²) < 4.78 is 1.25. The molecule has 0 radical (unpaired) electrons. The highest BCUT2D eigenvalue weighted by atomic mass is 35.5. The molecular weight excluding hydrogens is 746 g/mol. The van der Waals surface area contributed by atoms with Gasteiger partial charge in [-0.05, 0) is 135 Å². The minimum atomic E-state index is 0. The molecule has 0 N–H and O–H groups in total. The van der Waals surface area contributed by atoms with Crippen LogP contribution in [0.3, 0.4) is 0 Å². The third kappa shape index (κ3) is 47.7. The Morgan fingerprint density at radius 1 is 0.283 bits per heavy atom. The maximum atomic E-state index is 2.58. The number of allylic oxidation sites excluding steroid dienone is 12. The van der Waals surface area contributed by atoms with Gasteiger partial charge < -0.3 is 16.9 Å². The first-order chi connectivity index (χ1) is 29.1. The molecule has 0 aromatic rings. The summed E-state index contributed by atoms with van der Waals surface area (Å²) in [6, 6.07) is 0.844. The first-order valence-electron chi connectivity index (χ1n) is 26.8. The lowest BCUT2D eigenvalue weighted by molar-refractivity contribution is -0.916. The van der Waals surface area contributed by atoms with E-state index in [9.17, 15) is 0 Å². The number of quaternary nitrogens is 1. The van der Waals surface area contributed by atoms with Gasteiger partial charge in [-0.25, -0.2) is 0 Å². The van der Waals surface area contributed by atoms with Gasteiger partial charge in [0, 0.05) is 0 Å². The van der Waals surface area contributed by atoms with E-state index in [-0.39, 0.29) is 12.4 Å². The zero-order valence-electron chi connectivity index (χ0n) is 41.6. The van der Waals surface area contributed by atoms with E-state index in [0.717, 1.165) is 25.3 Å². The van der Waals surface area contributed by atoms with Crippen LogP contribution in [0.2, 0.25) is 0 Å². The van der Waals surface area contributed by atoms with Crippen LogP contribution in [-0.2, 0) is 0 Å². The van der Waals surface area contributed by atoms with Crippen LogP contribution in [0.1, 0.15) is 271 Å². The molecule has 0 bridgehead atoms. The van der Waals surface area contributed by atoms with Crippen molar-refractivity contribution in [2.45, 2.75) is 277 Å². The van der Waals surface area contributed by atoms with E-state index in [1.165, 1.54) is 242 Å². The fourth-order valence-corrected chi connectivity index (χ4v) is 8.45. The number of nitrogens with zero attached hydrogens (tertiary/aromatic N) is 1. The quantitative estimate of drug-likeness (QED) is 0.0325. The highest BCUT2D eigenvalue weighted by Crippen LogP contribution is 2.24. The summed E-state index contributed by atoms with van der Waals surface area (Å²) in [5, 5.41) is 0. The molecule has 0 fully saturated rings. The van der Waals surface area contributed by atoms with Crippen molar-refractivity contribution in [3.63, 3.8) is 0 Å². The molecule has 0 saturated heterocycles. The highest BCUT2D eigenvalue weighted by molar-refractivity contribution is 4.94. The molecule has 0 unspecified atom stereocenters. The summed E-state index contributed by atoms with van der Waals surface area (Å²) in [6.45, 7) is 8.21. The van der Waals surface area contributed by atoms with Crippen LogP contribution >= 0.6 is 0 Å². The molecule has 60 heavy (non-hydrogen) atoms. The number of unbranched alkanes of at least 4 members (excludes halogenated alkanes) is 28. The summed E-state index contributed by atoms with van der Waals surface area (Å²) in [7, 11) is 5.15. The summed E-state index contributed by atoms with van der Waals surface area (Å²) in [6.07, 6.45) is 81.4. The smallest absolute Gasteiger partial charge is 0.0886 e. The lowest BCUT2D eigenvalue weighted by Gasteiger charge is -2.39. The van der Waals surface area contributed by atoms with Gasteiger partial charge in [-0.2, -0.15) is 0 Å². The van der Waals surface area contributed by atoms with Gasteiger partial charge in [0.1, 0.15) is 0 Å². The van der Waals surface area contributed by atoms with Crippen LogP contribution < -0.4 is 12.4 Å². The molecule has 0 amide bonds. The Hall–Kier alpha value is -1.31. The molecule has 0 atom stereocenters. The largest absolute Gasteiger partial charge is 1.00 e. The average molecular weight is 855 g/mol. The van der Waals surface area contributed by atoms with E-state index in [4.69, 9.17) is 0 Å². The second-order valence-corrected chi connectivity index (χ2v) is 18.8. The first kappa shape index (κ1) is 60.8. The second kappa shape index (κ2) is 52.0. The fourth-order valence-electron chi connectivity index (χ4n) is 8.45. The molecular formula is C58H108ClN. The molecule has 0 aliphatic rings. The van der Waals surface area contributed by atoms with Crippen molar-refractivity contribution in [2.24, 2.45) is 0 Å². The van der Waals surface area contributed by atoms with Crippen LogP contribution in [0.25, 0.3) is 0 Å². The predicted octanol–water partition coefficient (Wildman–Crippen LogP) is 17.0. The highest BCUT2D eigenvalue weighted by Gasteiger charge is 2.26. The third-order valence-electron chi connectivity index (χ3n) is 12.6. The summed E-state index contributed by atoms with van der Waals surface area (Å²) in [5.41, 5.74) is 0. The number of halogens is 1. The lowest BCUT2D eigenvalue weighted by Crippen LogP contribution is -3.00. The van der Waals surface area contributed by atoms with E-state index >= 15 is 0 Å².